The molecule has 13 aromatic rings. The minimum Gasteiger partial charge on any atom is -0.508 e. The van der Waals surface area contributed by atoms with Crippen molar-refractivity contribution < 1.29 is 74.7 Å². The normalized spacial score (nSPS) is 15.7. The first kappa shape index (κ1) is 91.9. The number of aliphatic hydroxyl groups excluding tert-OH is 2. The first-order chi connectivity index (χ1) is 59.3. The van der Waals surface area contributed by atoms with Gasteiger partial charge in [0.1, 0.15) is 17.6 Å². The van der Waals surface area contributed by atoms with E-state index in [0.29, 0.717) is 16.9 Å². The van der Waals surface area contributed by atoms with E-state index in [0.717, 1.165) is 126 Å². The molecule has 0 saturated carbocycles. The lowest BCUT2D eigenvalue weighted by atomic mass is 9.63. The van der Waals surface area contributed by atoms with Crippen LogP contribution in [0.2, 0.25) is 0 Å². The highest BCUT2D eigenvalue weighted by Crippen LogP contribution is 2.50. The summed E-state index contributed by atoms with van der Waals surface area (Å²) in [5.41, 5.74) is 21.5. The number of hydrogen-bond donors (Lipinski definition) is 9. The number of rotatable bonds is 15. The Balaban J connectivity index is 0.000000144. The van der Waals surface area contributed by atoms with Crippen molar-refractivity contribution in [1.82, 2.24) is 0 Å². The number of carbonyl (C=O) groups excluding carboxylic acids is 1. The molecule has 0 aliphatic heterocycles. The molecule has 16 rings (SSSR count). The molecule has 9 N–H and O–H groups in total. The second-order valence-corrected chi connectivity index (χ2v) is 37.6. The smallest absolute Gasteiger partial charge is 0.335 e. The van der Waals surface area contributed by atoms with Crippen molar-refractivity contribution in [2.75, 3.05) is 0 Å². The molecule has 3 aliphatic carbocycles. The van der Waals surface area contributed by atoms with Crippen molar-refractivity contribution in [3.8, 4) is 22.6 Å². The van der Waals surface area contributed by atoms with Gasteiger partial charge >= 0.3 is 29.8 Å². The van der Waals surface area contributed by atoms with E-state index in [9.17, 15) is 54.3 Å². The van der Waals surface area contributed by atoms with Crippen molar-refractivity contribution in [2.24, 2.45) is 0 Å². The molecule has 646 valence electrons. The summed E-state index contributed by atoms with van der Waals surface area (Å²) in [5, 5.41) is 91.6. The molecular formula is C111H112O15. The van der Waals surface area contributed by atoms with E-state index in [4.69, 9.17) is 20.4 Å². The maximum atomic E-state index is 13.2. The van der Waals surface area contributed by atoms with Gasteiger partial charge in [-0.15, -0.1) is 0 Å². The number of carboxylic acids is 5. The Hall–Kier alpha value is -13.3. The van der Waals surface area contributed by atoms with Crippen LogP contribution in [0.4, 0.5) is 0 Å². The van der Waals surface area contributed by atoms with E-state index < -0.39 is 42.1 Å². The summed E-state index contributed by atoms with van der Waals surface area (Å²) in [6, 6.07) is 75.3. The lowest BCUT2D eigenvalue weighted by molar-refractivity contribution is 0.0686. The predicted molar refractivity (Wildman–Crippen MR) is 504 cm³/mol. The molecule has 0 fully saturated rings. The van der Waals surface area contributed by atoms with E-state index in [-0.39, 0.29) is 71.8 Å². The van der Waals surface area contributed by atoms with E-state index in [2.05, 4.69) is 119 Å². The zero-order valence-corrected chi connectivity index (χ0v) is 74.3. The molecular weight excluding hydrogens is 1570 g/mol. The molecule has 126 heavy (non-hydrogen) atoms. The predicted octanol–water partition coefficient (Wildman–Crippen LogP) is 25.7. The molecule has 13 aromatic carbocycles. The largest absolute Gasteiger partial charge is 0.508 e. The summed E-state index contributed by atoms with van der Waals surface area (Å²) >= 11 is 0. The molecule has 0 amide bonds. The van der Waals surface area contributed by atoms with Crippen molar-refractivity contribution >= 4 is 85.7 Å². The molecule has 0 aromatic heterocycles. The lowest BCUT2D eigenvalue weighted by Gasteiger charge is -2.42. The first-order valence-corrected chi connectivity index (χ1v) is 42.6. The van der Waals surface area contributed by atoms with Crippen LogP contribution in [0.3, 0.4) is 0 Å². The number of allylic oxidation sites excluding steroid dienone is 1. The van der Waals surface area contributed by atoms with Crippen molar-refractivity contribution in [3.05, 3.63) is 372 Å². The Morgan fingerprint density at radius 3 is 1.13 bits per heavy atom. The zero-order chi connectivity index (χ0) is 91.4. The number of aryl methyl sites for hydroxylation is 2. The number of aliphatic hydroxyl groups is 2. The van der Waals surface area contributed by atoms with Gasteiger partial charge in [-0.3, -0.25) is 4.79 Å². The van der Waals surface area contributed by atoms with Crippen LogP contribution >= 0.6 is 0 Å². The number of phenols is 2. The fraction of sp³-hybridized carbons (Fsp3) is 0.261. The third kappa shape index (κ3) is 20.8. The average molecular weight is 1690 g/mol. The Kier molecular flexibility index (Phi) is 26.9. The topological polar surface area (TPSA) is 284 Å². The van der Waals surface area contributed by atoms with Crippen LogP contribution in [0.5, 0.6) is 11.5 Å². The molecule has 15 nitrogen and oxygen atoms in total. The lowest BCUT2D eigenvalue weighted by Crippen LogP contribution is -2.34. The molecule has 0 saturated heterocycles. The van der Waals surface area contributed by atoms with Gasteiger partial charge in [0.2, 0.25) is 0 Å². The second kappa shape index (κ2) is 36.8. The summed E-state index contributed by atoms with van der Waals surface area (Å²) in [4.78, 5) is 68.2. The number of benzene rings is 13. The van der Waals surface area contributed by atoms with Gasteiger partial charge in [0.25, 0.3) is 0 Å². The number of carboxylic acid groups (broad SMARTS) is 5. The third-order valence-corrected chi connectivity index (χ3v) is 25.8. The van der Waals surface area contributed by atoms with Crippen LogP contribution in [-0.2, 0) is 32.5 Å². The van der Waals surface area contributed by atoms with Crippen LogP contribution in [0.1, 0.15) is 286 Å². The van der Waals surface area contributed by atoms with E-state index >= 15 is 0 Å². The number of fused-ring (bicyclic) bond motifs is 6. The van der Waals surface area contributed by atoms with Gasteiger partial charge in [0.15, 0.2) is 5.78 Å². The summed E-state index contributed by atoms with van der Waals surface area (Å²) in [5.74, 6) is -4.10. The van der Waals surface area contributed by atoms with Crippen molar-refractivity contribution in [2.45, 2.75) is 187 Å². The van der Waals surface area contributed by atoms with Gasteiger partial charge in [-0.1, -0.05) is 247 Å². The van der Waals surface area contributed by atoms with Crippen molar-refractivity contribution in [1.29, 1.82) is 0 Å². The van der Waals surface area contributed by atoms with Gasteiger partial charge in [-0.05, 0) is 322 Å². The van der Waals surface area contributed by atoms with Crippen LogP contribution < -0.4 is 0 Å². The molecule has 0 heterocycles. The molecule has 3 aliphatic rings. The Bertz CT molecular complexity index is 6430. The van der Waals surface area contributed by atoms with E-state index in [1.807, 2.05) is 118 Å². The number of aromatic carboxylic acids is 5. The summed E-state index contributed by atoms with van der Waals surface area (Å²) in [6.45, 7) is 33.1. The Labute approximate surface area is 737 Å². The van der Waals surface area contributed by atoms with Gasteiger partial charge in [-0.25, -0.2) is 24.0 Å². The molecule has 0 spiro atoms. The average Bonchev–Trinajstić information content (AvgIpc) is 0.757. The van der Waals surface area contributed by atoms with Gasteiger partial charge in [0.05, 0.1) is 33.9 Å². The summed E-state index contributed by atoms with van der Waals surface area (Å²) in [7, 11) is 0. The number of aromatic hydroxyl groups is 2. The van der Waals surface area contributed by atoms with Gasteiger partial charge in [-0.2, -0.15) is 0 Å². The van der Waals surface area contributed by atoms with Crippen LogP contribution in [-0.4, -0.2) is 81.6 Å². The van der Waals surface area contributed by atoms with Crippen molar-refractivity contribution in [3.63, 3.8) is 0 Å². The van der Waals surface area contributed by atoms with Crippen LogP contribution in [0.25, 0.3) is 61.2 Å². The number of phenolic OH excluding ortho intramolecular Hbond substituents is 2. The fourth-order valence-electron chi connectivity index (χ4n) is 17.2. The second-order valence-electron chi connectivity index (χ2n) is 37.6. The maximum Gasteiger partial charge on any atom is 0.335 e. The van der Waals surface area contributed by atoms with Crippen LogP contribution in [0, 0.1) is 13.8 Å². The third-order valence-electron chi connectivity index (χ3n) is 25.8. The highest BCUT2D eigenvalue weighted by molar-refractivity contribution is 6.11. The van der Waals surface area contributed by atoms with Crippen LogP contribution in [0.15, 0.2) is 255 Å². The Morgan fingerprint density at radius 1 is 0.310 bits per heavy atom. The van der Waals surface area contributed by atoms with E-state index in [1.165, 1.54) is 39.8 Å². The number of hydrogen-bond acceptors (Lipinski definition) is 10. The monoisotopic (exact) mass is 1680 g/mol. The highest BCUT2D eigenvalue weighted by atomic mass is 16.4. The van der Waals surface area contributed by atoms with Gasteiger partial charge < -0.3 is 46.0 Å². The van der Waals surface area contributed by atoms with E-state index in [1.54, 1.807) is 133 Å². The molecule has 2 unspecified atom stereocenters. The van der Waals surface area contributed by atoms with Gasteiger partial charge in [0, 0.05) is 11.1 Å². The summed E-state index contributed by atoms with van der Waals surface area (Å²) in [6.07, 6.45) is 11.0. The minimum absolute atomic E-state index is 0.00353. The quantitative estimate of drug-likeness (QED) is 0.0341. The standard InChI is InChI=1S/C26H28O3.C26H26O3.C24H28O3.C18H14O3.C17H16O3/c2*1-25(2)11-12-26(3,4)22-15-19(9-10-21(22)25)23(27)18-7-5-17-14-20(24(28)29)8-6-16(17)13-18;1-23(2)13-14-24(3,4)20-15-18(10-11-19(20)23)21(25)12-7-16-5-8-17(9-6-16)22(26)27;1-11-16-8-6-14(10-15(16)7-9-17(11)19)12-2-4-13(5-3-12)18(20)21;1-11(15-7-8-16(18)12(2)10-15)9-13-3-5-14(6-4-13)17(19)20/h5-10,13-15,23,27H,11-12H2,1-4H3,(H,28,29);5-10,13-15H,11-12H2,1-4H3,(H,28,29);5-12,15,21,25H,13-14H2,1-4H3,(H,26,27);2-10,19H,1H3,(H,20,21);3-10,18H,1-2H3,(H,19,20)/b;;12-7+;;11-9+. The highest BCUT2D eigenvalue weighted by Gasteiger charge is 2.40. The SMILES string of the molecule is C/C(=C\c1ccc(C(=O)O)cc1)c1ccc(O)c(C)c1.CC1(C)CCC(C)(C)c2cc(C(=O)c3ccc4cc(C(=O)O)ccc4c3)ccc21.CC1(C)CCC(C)(C)c2cc(C(O)/C=C/c3ccc(C(=O)O)cc3)ccc21.CC1(C)CCC(C)(C)c2cc(C(O)c3ccc4cc(C(=O)O)ccc4c3)ccc21.Cc1c(O)ccc2cc(-c3ccc(C(=O)O)cc3)ccc12. The minimum atomic E-state index is -0.952. The number of ketones is 1. The zero-order valence-electron chi connectivity index (χ0n) is 74.3. The summed E-state index contributed by atoms with van der Waals surface area (Å²) < 4.78 is 0. The maximum absolute atomic E-state index is 13.2. The molecule has 2 atom stereocenters. The molecule has 0 bridgehead atoms. The first-order valence-electron chi connectivity index (χ1n) is 42.6. The Morgan fingerprint density at radius 2 is 0.651 bits per heavy atom. The molecule has 0 radical (unpaired) electrons. The molecule has 15 heteroatoms. The number of carbonyl (C=O) groups is 6. The fourth-order valence-corrected chi connectivity index (χ4v) is 17.2.